The van der Waals surface area contributed by atoms with Crippen LogP contribution in [0.3, 0.4) is 0 Å². The average Bonchev–Trinajstić information content (AvgIpc) is 3.39. The Morgan fingerprint density at radius 1 is 0.946 bits per heavy atom. The van der Waals surface area contributed by atoms with Crippen molar-refractivity contribution in [3.05, 3.63) is 106 Å². The molecule has 9 heteroatoms. The van der Waals surface area contributed by atoms with Crippen LogP contribution in [0, 0.1) is 0 Å². The molecule has 2 heterocycles. The monoisotopic (exact) mass is 516 g/mol. The van der Waals surface area contributed by atoms with E-state index in [1.165, 1.54) is 18.2 Å². The molecule has 1 aliphatic heterocycles. The second kappa shape index (κ2) is 10.2. The highest BCUT2D eigenvalue weighted by atomic mass is 35.5. The Morgan fingerprint density at radius 3 is 2.41 bits per heavy atom. The minimum atomic E-state index is -1.17. The smallest absolute Gasteiger partial charge is 0.335 e. The normalized spacial score (nSPS) is 11.7. The van der Waals surface area contributed by atoms with Gasteiger partial charge in [-0.15, -0.1) is 0 Å². The SMILES string of the molecule is CN(c1ccc(Cl)cc1)c1ccc(C(=O)c2cc(OCc3ccc4c(c3)OCO4)cc(C(=O)O)c2)nc1. The first-order chi connectivity index (χ1) is 17.9. The molecule has 4 aromatic rings. The molecule has 1 aliphatic rings. The fraction of sp³-hybridized carbons (Fsp3) is 0.107. The highest BCUT2D eigenvalue weighted by Crippen LogP contribution is 2.33. The van der Waals surface area contributed by atoms with Gasteiger partial charge in [-0.05, 0) is 72.3 Å². The molecule has 37 heavy (non-hydrogen) atoms. The summed E-state index contributed by atoms with van der Waals surface area (Å²) < 4.78 is 16.5. The van der Waals surface area contributed by atoms with E-state index in [0.717, 1.165) is 16.9 Å². The molecule has 0 atom stereocenters. The Bertz CT molecular complexity index is 1470. The van der Waals surface area contributed by atoms with Crippen molar-refractivity contribution in [2.45, 2.75) is 6.61 Å². The number of nitrogens with zero attached hydrogens (tertiary/aromatic N) is 2. The molecule has 5 rings (SSSR count). The Labute approximate surface area is 217 Å². The summed E-state index contributed by atoms with van der Waals surface area (Å²) >= 11 is 5.97. The number of carboxylic acid groups (broad SMARTS) is 1. The Kier molecular flexibility index (Phi) is 6.66. The van der Waals surface area contributed by atoms with Crippen LogP contribution < -0.4 is 19.1 Å². The maximum Gasteiger partial charge on any atom is 0.335 e. The van der Waals surface area contributed by atoms with Crippen LogP contribution >= 0.6 is 11.6 Å². The van der Waals surface area contributed by atoms with Crippen molar-refractivity contribution in [2.75, 3.05) is 18.7 Å². The van der Waals surface area contributed by atoms with Crippen molar-refractivity contribution in [1.82, 2.24) is 4.98 Å². The number of aromatic nitrogens is 1. The largest absolute Gasteiger partial charge is 0.489 e. The number of ketones is 1. The third-order valence-electron chi connectivity index (χ3n) is 5.84. The van der Waals surface area contributed by atoms with Crippen LogP contribution in [-0.4, -0.2) is 35.7 Å². The van der Waals surface area contributed by atoms with Crippen LogP contribution in [0.25, 0.3) is 0 Å². The number of carbonyl (C=O) groups excluding carboxylic acids is 1. The van der Waals surface area contributed by atoms with Gasteiger partial charge < -0.3 is 24.2 Å². The van der Waals surface area contributed by atoms with Crippen LogP contribution in [0.5, 0.6) is 17.2 Å². The molecule has 3 aromatic carbocycles. The topological polar surface area (TPSA) is 98.2 Å². The number of hydrogen-bond acceptors (Lipinski definition) is 7. The number of pyridine rings is 1. The lowest BCUT2D eigenvalue weighted by Crippen LogP contribution is -2.11. The van der Waals surface area contributed by atoms with E-state index in [4.69, 9.17) is 25.8 Å². The number of carboxylic acids is 1. The molecular formula is C28H21ClN2O6. The molecule has 0 unspecified atom stereocenters. The predicted octanol–water partition coefficient (Wildman–Crippen LogP) is 5.74. The number of hydrogen-bond donors (Lipinski definition) is 1. The number of carbonyl (C=O) groups is 2. The number of aromatic carboxylic acids is 1. The second-order valence-electron chi connectivity index (χ2n) is 8.29. The second-order valence-corrected chi connectivity index (χ2v) is 8.73. The summed E-state index contributed by atoms with van der Waals surface area (Å²) in [5.41, 5.74) is 2.75. The van der Waals surface area contributed by atoms with E-state index in [1.807, 2.05) is 30.1 Å². The van der Waals surface area contributed by atoms with Gasteiger partial charge in [-0.1, -0.05) is 17.7 Å². The van der Waals surface area contributed by atoms with Crippen molar-refractivity contribution in [2.24, 2.45) is 0 Å². The van der Waals surface area contributed by atoms with Crippen molar-refractivity contribution in [1.29, 1.82) is 0 Å². The molecule has 0 fully saturated rings. The first kappa shape index (κ1) is 24.1. The maximum absolute atomic E-state index is 13.2. The Balaban J connectivity index is 1.35. The van der Waals surface area contributed by atoms with Gasteiger partial charge in [0.05, 0.1) is 17.4 Å². The van der Waals surface area contributed by atoms with Crippen LogP contribution in [0.4, 0.5) is 11.4 Å². The lowest BCUT2D eigenvalue weighted by molar-refractivity contribution is 0.0696. The number of ether oxygens (including phenoxy) is 3. The molecule has 0 saturated heterocycles. The summed E-state index contributed by atoms with van der Waals surface area (Å²) in [6.45, 7) is 0.315. The van der Waals surface area contributed by atoms with Crippen molar-refractivity contribution < 1.29 is 28.9 Å². The third-order valence-corrected chi connectivity index (χ3v) is 6.09. The van der Waals surface area contributed by atoms with Crippen molar-refractivity contribution in [3.8, 4) is 17.2 Å². The number of rotatable bonds is 8. The highest BCUT2D eigenvalue weighted by Gasteiger charge is 2.18. The van der Waals surface area contributed by atoms with E-state index < -0.39 is 11.8 Å². The summed E-state index contributed by atoms with van der Waals surface area (Å²) in [6.07, 6.45) is 1.58. The molecular weight excluding hydrogens is 496 g/mol. The van der Waals surface area contributed by atoms with Crippen LogP contribution in [-0.2, 0) is 6.61 Å². The van der Waals surface area contributed by atoms with E-state index in [1.54, 1.807) is 42.6 Å². The first-order valence-corrected chi connectivity index (χ1v) is 11.6. The van der Waals surface area contributed by atoms with E-state index in [9.17, 15) is 14.7 Å². The molecule has 186 valence electrons. The van der Waals surface area contributed by atoms with Crippen molar-refractivity contribution >= 4 is 34.7 Å². The Morgan fingerprint density at radius 2 is 1.68 bits per heavy atom. The van der Waals surface area contributed by atoms with Crippen LogP contribution in [0.15, 0.2) is 79.0 Å². The predicted molar refractivity (Wildman–Crippen MR) is 137 cm³/mol. The molecule has 0 amide bonds. The summed E-state index contributed by atoms with van der Waals surface area (Å²) in [5, 5.41) is 10.2. The lowest BCUT2D eigenvalue weighted by Gasteiger charge is -2.19. The molecule has 0 saturated carbocycles. The van der Waals surface area contributed by atoms with Gasteiger partial charge in [0.2, 0.25) is 12.6 Å². The molecule has 0 radical (unpaired) electrons. The van der Waals surface area contributed by atoms with Gasteiger partial charge in [-0.25, -0.2) is 4.79 Å². The zero-order chi connectivity index (χ0) is 25.9. The third kappa shape index (κ3) is 5.34. The molecule has 0 spiro atoms. The molecule has 0 aliphatic carbocycles. The first-order valence-electron chi connectivity index (χ1n) is 11.3. The zero-order valence-corrected chi connectivity index (χ0v) is 20.4. The lowest BCUT2D eigenvalue weighted by atomic mass is 10.0. The van der Waals surface area contributed by atoms with Crippen molar-refractivity contribution in [3.63, 3.8) is 0 Å². The van der Waals surface area contributed by atoms with E-state index in [-0.39, 0.29) is 36.0 Å². The van der Waals surface area contributed by atoms with E-state index in [2.05, 4.69) is 4.98 Å². The quantitative estimate of drug-likeness (QED) is 0.296. The number of benzene rings is 3. The van der Waals surface area contributed by atoms with Crippen LogP contribution in [0.2, 0.25) is 5.02 Å². The number of halogens is 1. The standard InChI is InChI=1S/C28H21ClN2O6/c1-31(21-5-3-20(29)4-6-21)22-7-8-24(30-14-22)27(32)18-11-19(28(33)34)13-23(12-18)35-15-17-2-9-25-26(10-17)37-16-36-25/h2-14H,15-16H2,1H3,(H,33,34). The van der Waals surface area contributed by atoms with Gasteiger partial charge in [-0.3, -0.25) is 9.78 Å². The minimum absolute atomic E-state index is 0.0642. The summed E-state index contributed by atoms with van der Waals surface area (Å²) in [5.74, 6) is -0.0675. The van der Waals surface area contributed by atoms with E-state index >= 15 is 0 Å². The molecule has 1 aromatic heterocycles. The molecule has 1 N–H and O–H groups in total. The highest BCUT2D eigenvalue weighted by molar-refractivity contribution is 6.30. The average molecular weight is 517 g/mol. The van der Waals surface area contributed by atoms with Crippen LogP contribution in [0.1, 0.15) is 32.0 Å². The number of anilines is 2. The summed E-state index contributed by atoms with van der Waals surface area (Å²) in [7, 11) is 1.88. The molecule has 8 nitrogen and oxygen atoms in total. The van der Waals surface area contributed by atoms with Gasteiger partial charge >= 0.3 is 5.97 Å². The van der Waals surface area contributed by atoms with Gasteiger partial charge in [0, 0.05) is 23.3 Å². The van der Waals surface area contributed by atoms with Gasteiger partial charge in [0.25, 0.3) is 0 Å². The fourth-order valence-corrected chi connectivity index (χ4v) is 3.94. The number of fused-ring (bicyclic) bond motifs is 1. The fourth-order valence-electron chi connectivity index (χ4n) is 3.81. The van der Waals surface area contributed by atoms with Gasteiger partial charge in [-0.2, -0.15) is 0 Å². The summed E-state index contributed by atoms with van der Waals surface area (Å²) in [4.78, 5) is 31.1. The molecule has 0 bridgehead atoms. The zero-order valence-electron chi connectivity index (χ0n) is 19.7. The van der Waals surface area contributed by atoms with Gasteiger partial charge in [0.1, 0.15) is 18.1 Å². The summed E-state index contributed by atoms with van der Waals surface area (Å²) in [6, 6.07) is 20.3. The van der Waals surface area contributed by atoms with Gasteiger partial charge in [0.15, 0.2) is 11.5 Å². The minimum Gasteiger partial charge on any atom is -0.489 e. The Hall–Kier alpha value is -4.56. The van der Waals surface area contributed by atoms with E-state index in [0.29, 0.717) is 16.5 Å². The maximum atomic E-state index is 13.2.